The van der Waals surface area contributed by atoms with Crippen LogP contribution in [-0.4, -0.2) is 39.6 Å². The lowest BCUT2D eigenvalue weighted by molar-refractivity contribution is -0.162. The first-order valence-electron chi connectivity index (χ1n) is 12.6. The van der Waals surface area contributed by atoms with Crippen molar-refractivity contribution in [3.8, 4) is 0 Å². The molecule has 3 aromatic rings. The molecule has 0 aliphatic carbocycles. The number of halogens is 2. The van der Waals surface area contributed by atoms with E-state index in [9.17, 15) is 9.59 Å². The Balaban J connectivity index is 0.000000468. The number of piperidine rings is 1. The maximum Gasteiger partial charge on any atom is 0.328 e. The summed E-state index contributed by atoms with van der Waals surface area (Å²) >= 11 is 11.6. The van der Waals surface area contributed by atoms with Crippen LogP contribution in [0.25, 0.3) is 0 Å². The largest absolute Gasteiger partial charge is 0.464 e. The number of benzene rings is 2. The molecular weight excluding hydrogens is 513 g/mol. The number of ether oxygens (including phenoxy) is 1. The van der Waals surface area contributed by atoms with Crippen LogP contribution in [0, 0.1) is 5.92 Å². The minimum atomic E-state index is -0.638. The zero-order chi connectivity index (χ0) is 26.6. The van der Waals surface area contributed by atoms with Gasteiger partial charge in [-0.25, -0.2) is 4.79 Å². The third-order valence-electron chi connectivity index (χ3n) is 6.28. The van der Waals surface area contributed by atoms with E-state index in [0.29, 0.717) is 36.8 Å². The molecule has 9 heteroatoms. The summed E-state index contributed by atoms with van der Waals surface area (Å²) in [7, 11) is 0. The van der Waals surface area contributed by atoms with Crippen LogP contribution < -0.4 is 0 Å². The predicted octanol–water partition coefficient (Wildman–Crippen LogP) is 6.71. The Morgan fingerprint density at radius 1 is 1.08 bits per heavy atom. The van der Waals surface area contributed by atoms with Crippen LogP contribution >= 0.6 is 23.2 Å². The topological polar surface area (TPSA) is 85.5 Å². The van der Waals surface area contributed by atoms with Crippen LogP contribution in [0.1, 0.15) is 63.4 Å². The molecule has 2 heterocycles. The standard InChI is InChI=1S/C22H28ClN3O4.C6H5Cl/c1-3-5-12-29-22(28)18(4-2)26-19(15-6-9-17(23)10-7-15)11-8-16(21(26)27)13-20-25-24-14-30-20;7-6-4-2-1-3-5-6/h6-7,9-10,14,16,18-19H,3-5,8,11-13H2,1-2H3;1-5H/t16?,18?,19-;/m0./s1. The Morgan fingerprint density at radius 2 is 1.78 bits per heavy atom. The number of esters is 1. The first kappa shape index (κ1) is 28.7. The number of hydrogen-bond donors (Lipinski definition) is 0. The Kier molecular flexibility index (Phi) is 11.4. The maximum absolute atomic E-state index is 13.5. The van der Waals surface area contributed by atoms with Gasteiger partial charge < -0.3 is 14.1 Å². The van der Waals surface area contributed by atoms with Crippen LogP contribution in [-0.2, 0) is 20.7 Å². The van der Waals surface area contributed by atoms with Crippen LogP contribution in [0.5, 0.6) is 0 Å². The van der Waals surface area contributed by atoms with Gasteiger partial charge in [-0.05, 0) is 55.5 Å². The van der Waals surface area contributed by atoms with E-state index in [4.69, 9.17) is 32.4 Å². The minimum Gasteiger partial charge on any atom is -0.464 e. The summed E-state index contributed by atoms with van der Waals surface area (Å²) in [5.74, 6) is -0.321. The molecule has 1 amide bonds. The van der Waals surface area contributed by atoms with Crippen LogP contribution in [0.2, 0.25) is 10.0 Å². The van der Waals surface area contributed by atoms with Crippen molar-refractivity contribution in [2.24, 2.45) is 5.92 Å². The SMILES string of the molecule is CCCCOC(=O)C(CC)N1C(=O)C(Cc2nnco2)CC[C@H]1c1ccc(Cl)cc1.Clc1ccccc1. The molecule has 198 valence electrons. The summed E-state index contributed by atoms with van der Waals surface area (Å²) < 4.78 is 10.7. The smallest absolute Gasteiger partial charge is 0.328 e. The average molecular weight is 546 g/mol. The van der Waals surface area contributed by atoms with Crippen molar-refractivity contribution in [1.29, 1.82) is 0 Å². The molecule has 1 saturated heterocycles. The number of hydrogen-bond acceptors (Lipinski definition) is 6. The van der Waals surface area contributed by atoms with Crippen LogP contribution in [0.15, 0.2) is 65.4 Å². The molecule has 1 fully saturated rings. The van der Waals surface area contributed by atoms with Gasteiger partial charge in [-0.15, -0.1) is 10.2 Å². The lowest BCUT2D eigenvalue weighted by Crippen LogP contribution is -2.52. The molecule has 0 N–H and O–H groups in total. The summed E-state index contributed by atoms with van der Waals surface area (Å²) in [6.45, 7) is 4.31. The highest BCUT2D eigenvalue weighted by Crippen LogP contribution is 2.38. The highest BCUT2D eigenvalue weighted by Gasteiger charge is 2.42. The normalized spacial score (nSPS) is 18.1. The summed E-state index contributed by atoms with van der Waals surface area (Å²) in [5.41, 5.74) is 0.962. The molecule has 1 aliphatic rings. The molecule has 2 unspecified atom stereocenters. The van der Waals surface area contributed by atoms with Gasteiger partial charge in [-0.2, -0.15) is 0 Å². The van der Waals surface area contributed by atoms with Crippen LogP contribution in [0.3, 0.4) is 0 Å². The number of unbranched alkanes of at least 4 members (excludes halogenated alkanes) is 1. The van der Waals surface area contributed by atoms with Crippen molar-refractivity contribution in [3.05, 3.63) is 82.5 Å². The Morgan fingerprint density at radius 3 is 2.35 bits per heavy atom. The van der Waals surface area contributed by atoms with Crippen molar-refractivity contribution in [2.45, 2.75) is 64.5 Å². The summed E-state index contributed by atoms with van der Waals surface area (Å²) in [4.78, 5) is 28.1. The quantitative estimate of drug-likeness (QED) is 0.219. The van der Waals surface area contributed by atoms with Crippen molar-refractivity contribution in [1.82, 2.24) is 15.1 Å². The van der Waals surface area contributed by atoms with Gasteiger partial charge in [0.1, 0.15) is 6.04 Å². The van der Waals surface area contributed by atoms with Gasteiger partial charge in [0, 0.05) is 22.4 Å². The van der Waals surface area contributed by atoms with Crippen molar-refractivity contribution in [3.63, 3.8) is 0 Å². The van der Waals surface area contributed by atoms with Gasteiger partial charge in [-0.3, -0.25) is 4.79 Å². The van der Waals surface area contributed by atoms with Gasteiger partial charge in [-0.1, -0.05) is 73.8 Å². The Labute approximate surface area is 228 Å². The number of likely N-dealkylation sites (tertiary alicyclic amines) is 1. The summed E-state index contributed by atoms with van der Waals surface area (Å²) in [6.07, 6.45) is 5.25. The molecular formula is C28H33Cl2N3O4. The third-order valence-corrected chi connectivity index (χ3v) is 6.78. The molecule has 3 atom stereocenters. The second-order valence-corrected chi connectivity index (χ2v) is 9.74. The van der Waals surface area contributed by atoms with E-state index in [1.807, 2.05) is 68.4 Å². The number of rotatable bonds is 9. The zero-order valence-corrected chi connectivity index (χ0v) is 22.7. The third kappa shape index (κ3) is 8.30. The van der Waals surface area contributed by atoms with E-state index in [-0.39, 0.29) is 23.8 Å². The molecule has 0 radical (unpaired) electrons. The van der Waals surface area contributed by atoms with E-state index < -0.39 is 6.04 Å². The van der Waals surface area contributed by atoms with Gasteiger partial charge in [0.05, 0.1) is 12.6 Å². The Bertz CT molecular complexity index is 1090. The first-order valence-corrected chi connectivity index (χ1v) is 13.4. The monoisotopic (exact) mass is 545 g/mol. The van der Waals surface area contributed by atoms with Gasteiger partial charge >= 0.3 is 5.97 Å². The van der Waals surface area contributed by atoms with E-state index in [0.717, 1.165) is 29.8 Å². The molecule has 1 aliphatic heterocycles. The van der Waals surface area contributed by atoms with E-state index in [1.54, 1.807) is 4.90 Å². The molecule has 7 nitrogen and oxygen atoms in total. The minimum absolute atomic E-state index is 0.0845. The molecule has 0 bridgehead atoms. The summed E-state index contributed by atoms with van der Waals surface area (Å²) in [5, 5.41) is 9.03. The van der Waals surface area contributed by atoms with Crippen molar-refractivity contribution < 1.29 is 18.7 Å². The van der Waals surface area contributed by atoms with Crippen molar-refractivity contribution in [2.75, 3.05) is 6.61 Å². The summed E-state index contributed by atoms with van der Waals surface area (Å²) in [6, 6.07) is 16.0. The number of amides is 1. The second-order valence-electron chi connectivity index (χ2n) is 8.86. The predicted molar refractivity (Wildman–Crippen MR) is 143 cm³/mol. The fourth-order valence-electron chi connectivity index (χ4n) is 4.36. The number of carbonyl (C=O) groups excluding carboxylic acids is 2. The molecule has 2 aromatic carbocycles. The maximum atomic E-state index is 13.5. The first-order chi connectivity index (χ1) is 17.9. The number of aromatic nitrogens is 2. The molecule has 0 saturated carbocycles. The zero-order valence-electron chi connectivity index (χ0n) is 21.2. The molecule has 0 spiro atoms. The average Bonchev–Trinajstić information content (AvgIpc) is 3.41. The Hall–Kier alpha value is -2.90. The van der Waals surface area contributed by atoms with Gasteiger partial charge in [0.15, 0.2) is 0 Å². The van der Waals surface area contributed by atoms with E-state index in [2.05, 4.69) is 10.2 Å². The van der Waals surface area contributed by atoms with E-state index >= 15 is 0 Å². The molecule has 37 heavy (non-hydrogen) atoms. The highest BCUT2D eigenvalue weighted by molar-refractivity contribution is 6.30. The van der Waals surface area contributed by atoms with Crippen LogP contribution in [0.4, 0.5) is 0 Å². The molecule has 4 rings (SSSR count). The van der Waals surface area contributed by atoms with E-state index in [1.165, 1.54) is 6.39 Å². The lowest BCUT2D eigenvalue weighted by atomic mass is 9.85. The lowest BCUT2D eigenvalue weighted by Gasteiger charge is -2.43. The van der Waals surface area contributed by atoms with Gasteiger partial charge in [0.25, 0.3) is 0 Å². The van der Waals surface area contributed by atoms with Gasteiger partial charge in [0.2, 0.25) is 18.2 Å². The fraction of sp³-hybridized carbons (Fsp3) is 0.429. The van der Waals surface area contributed by atoms with Crippen molar-refractivity contribution >= 4 is 35.1 Å². The molecule has 1 aromatic heterocycles. The second kappa shape index (κ2) is 14.7. The number of carbonyl (C=O) groups is 2. The highest BCUT2D eigenvalue weighted by atomic mass is 35.5. The fourth-order valence-corrected chi connectivity index (χ4v) is 4.63. The number of nitrogens with zero attached hydrogens (tertiary/aromatic N) is 3.